The minimum Gasteiger partial charge on any atom is -0.493 e. The summed E-state index contributed by atoms with van der Waals surface area (Å²) in [7, 11) is 3.13. The molecule has 2 N–H and O–H groups in total. The number of ether oxygens (including phenoxy) is 2. The molecule has 0 saturated heterocycles. The third-order valence-electron chi connectivity index (χ3n) is 2.89. The highest BCUT2D eigenvalue weighted by molar-refractivity contribution is 5.94. The summed E-state index contributed by atoms with van der Waals surface area (Å²) in [6.07, 6.45) is 0. The van der Waals surface area contributed by atoms with Crippen LogP contribution in [0.1, 0.15) is 0 Å². The van der Waals surface area contributed by atoms with Gasteiger partial charge in [-0.15, -0.1) is 0 Å². The first kappa shape index (κ1) is 14.7. The largest absolute Gasteiger partial charge is 0.493 e. The van der Waals surface area contributed by atoms with Gasteiger partial charge in [0.05, 0.1) is 20.8 Å². The summed E-state index contributed by atoms with van der Waals surface area (Å²) in [5.74, 6) is 1.07. The predicted molar refractivity (Wildman–Crippen MR) is 83.1 cm³/mol. The number of carbonyl (C=O) groups is 1. The molecule has 1 amide bonds. The molecule has 0 fully saturated rings. The summed E-state index contributed by atoms with van der Waals surface area (Å²) in [5, 5.41) is 5.85. The van der Waals surface area contributed by atoms with E-state index < -0.39 is 0 Å². The summed E-state index contributed by atoms with van der Waals surface area (Å²) >= 11 is 0. The van der Waals surface area contributed by atoms with Gasteiger partial charge in [-0.2, -0.15) is 0 Å². The van der Waals surface area contributed by atoms with Gasteiger partial charge in [-0.05, 0) is 24.3 Å². The molecule has 0 aliphatic rings. The van der Waals surface area contributed by atoms with Crippen LogP contribution < -0.4 is 20.1 Å². The zero-order valence-corrected chi connectivity index (χ0v) is 12.1. The van der Waals surface area contributed by atoms with Crippen LogP contribution in [0.5, 0.6) is 11.5 Å². The van der Waals surface area contributed by atoms with Gasteiger partial charge < -0.3 is 20.1 Å². The van der Waals surface area contributed by atoms with Crippen LogP contribution in [0.3, 0.4) is 0 Å². The normalized spacial score (nSPS) is 9.81. The Balaban J connectivity index is 1.93. The van der Waals surface area contributed by atoms with Crippen molar-refractivity contribution in [2.24, 2.45) is 0 Å². The van der Waals surface area contributed by atoms with Crippen molar-refractivity contribution < 1.29 is 14.3 Å². The van der Waals surface area contributed by atoms with Crippen molar-refractivity contribution >= 4 is 17.3 Å². The van der Waals surface area contributed by atoms with Crippen LogP contribution in [0.2, 0.25) is 0 Å². The highest BCUT2D eigenvalue weighted by Gasteiger charge is 2.07. The third-order valence-corrected chi connectivity index (χ3v) is 2.89. The maximum absolute atomic E-state index is 11.9. The smallest absolute Gasteiger partial charge is 0.243 e. The Bertz CT molecular complexity index is 600. The molecule has 21 heavy (non-hydrogen) atoms. The second-order valence-electron chi connectivity index (χ2n) is 4.34. The molecule has 2 aromatic rings. The summed E-state index contributed by atoms with van der Waals surface area (Å²) in [5.41, 5.74) is 1.56. The molecule has 2 rings (SSSR count). The minimum atomic E-state index is -0.133. The van der Waals surface area contributed by atoms with Gasteiger partial charge in [-0.25, -0.2) is 0 Å². The fourth-order valence-electron chi connectivity index (χ4n) is 1.86. The predicted octanol–water partition coefficient (Wildman–Crippen LogP) is 2.75. The second kappa shape index (κ2) is 7.19. The number of hydrogen-bond acceptors (Lipinski definition) is 4. The molecule has 0 atom stereocenters. The first-order valence-corrected chi connectivity index (χ1v) is 6.53. The molecule has 0 spiro atoms. The first-order valence-electron chi connectivity index (χ1n) is 6.53. The van der Waals surface area contributed by atoms with E-state index in [-0.39, 0.29) is 12.5 Å². The van der Waals surface area contributed by atoms with Crippen LogP contribution >= 0.6 is 0 Å². The van der Waals surface area contributed by atoms with E-state index in [1.807, 2.05) is 30.3 Å². The Morgan fingerprint density at radius 1 is 0.952 bits per heavy atom. The average molecular weight is 286 g/mol. The minimum absolute atomic E-state index is 0.133. The lowest BCUT2D eigenvalue weighted by molar-refractivity contribution is -0.114. The lowest BCUT2D eigenvalue weighted by atomic mass is 10.2. The molecule has 5 heteroatoms. The van der Waals surface area contributed by atoms with Crippen LogP contribution in [0.15, 0.2) is 48.5 Å². The quantitative estimate of drug-likeness (QED) is 0.857. The number of nitrogens with one attached hydrogen (secondary N) is 2. The van der Waals surface area contributed by atoms with Crippen molar-refractivity contribution in [1.29, 1.82) is 0 Å². The average Bonchev–Trinajstić information content (AvgIpc) is 2.53. The molecule has 0 radical (unpaired) electrons. The fraction of sp³-hybridized carbons (Fsp3) is 0.188. The van der Waals surface area contributed by atoms with E-state index in [4.69, 9.17) is 9.47 Å². The molecule has 110 valence electrons. The second-order valence-corrected chi connectivity index (χ2v) is 4.34. The van der Waals surface area contributed by atoms with Crippen LogP contribution in [0.25, 0.3) is 0 Å². The van der Waals surface area contributed by atoms with Crippen molar-refractivity contribution in [2.45, 2.75) is 0 Å². The molecule has 0 aliphatic carbocycles. The van der Waals surface area contributed by atoms with E-state index >= 15 is 0 Å². The van der Waals surface area contributed by atoms with Crippen molar-refractivity contribution in [3.63, 3.8) is 0 Å². The SMILES string of the molecule is COc1ccc(NC(=O)CNc2ccccc2)cc1OC. The maximum Gasteiger partial charge on any atom is 0.243 e. The Kier molecular flexibility index (Phi) is 5.04. The highest BCUT2D eigenvalue weighted by Crippen LogP contribution is 2.29. The van der Waals surface area contributed by atoms with Gasteiger partial charge in [0, 0.05) is 17.4 Å². The molecule has 0 bridgehead atoms. The number of anilines is 2. The number of methoxy groups -OCH3 is 2. The van der Waals surface area contributed by atoms with E-state index in [1.54, 1.807) is 32.4 Å². The number of benzene rings is 2. The Labute approximate surface area is 123 Å². The first-order chi connectivity index (χ1) is 10.2. The van der Waals surface area contributed by atoms with E-state index in [0.29, 0.717) is 17.2 Å². The van der Waals surface area contributed by atoms with E-state index in [9.17, 15) is 4.79 Å². The molecular formula is C16H18N2O3. The Morgan fingerprint density at radius 3 is 2.33 bits per heavy atom. The van der Waals surface area contributed by atoms with Gasteiger partial charge in [0.25, 0.3) is 0 Å². The van der Waals surface area contributed by atoms with Crippen LogP contribution in [0.4, 0.5) is 11.4 Å². The van der Waals surface area contributed by atoms with Gasteiger partial charge >= 0.3 is 0 Å². The third kappa shape index (κ3) is 4.14. The van der Waals surface area contributed by atoms with E-state index in [2.05, 4.69) is 10.6 Å². The summed E-state index contributed by atoms with van der Waals surface area (Å²) in [6, 6.07) is 14.8. The topological polar surface area (TPSA) is 59.6 Å². The molecule has 0 saturated carbocycles. The molecule has 0 unspecified atom stereocenters. The number of para-hydroxylation sites is 1. The lowest BCUT2D eigenvalue weighted by Gasteiger charge is -2.11. The van der Waals surface area contributed by atoms with Gasteiger partial charge in [0.2, 0.25) is 5.91 Å². The van der Waals surface area contributed by atoms with Crippen LogP contribution in [-0.4, -0.2) is 26.7 Å². The molecule has 2 aromatic carbocycles. The van der Waals surface area contributed by atoms with E-state index in [1.165, 1.54) is 0 Å². The number of hydrogen-bond donors (Lipinski definition) is 2. The molecule has 0 heterocycles. The highest BCUT2D eigenvalue weighted by atomic mass is 16.5. The summed E-state index contributed by atoms with van der Waals surface area (Å²) in [4.78, 5) is 11.9. The van der Waals surface area contributed by atoms with Crippen molar-refractivity contribution in [3.05, 3.63) is 48.5 Å². The van der Waals surface area contributed by atoms with Crippen molar-refractivity contribution in [3.8, 4) is 11.5 Å². The molecular weight excluding hydrogens is 268 g/mol. The standard InChI is InChI=1S/C16H18N2O3/c1-20-14-9-8-13(10-15(14)21-2)18-16(19)11-17-12-6-4-3-5-7-12/h3-10,17H,11H2,1-2H3,(H,18,19). The molecule has 5 nitrogen and oxygen atoms in total. The maximum atomic E-state index is 11.9. The van der Waals surface area contributed by atoms with Crippen LogP contribution in [-0.2, 0) is 4.79 Å². The van der Waals surface area contributed by atoms with Crippen molar-refractivity contribution in [1.82, 2.24) is 0 Å². The van der Waals surface area contributed by atoms with Crippen LogP contribution in [0, 0.1) is 0 Å². The number of rotatable bonds is 6. The number of amides is 1. The van der Waals surface area contributed by atoms with Gasteiger partial charge in [0.15, 0.2) is 11.5 Å². The Morgan fingerprint density at radius 2 is 1.67 bits per heavy atom. The Hall–Kier alpha value is -2.69. The monoisotopic (exact) mass is 286 g/mol. The zero-order chi connectivity index (χ0) is 15.1. The lowest BCUT2D eigenvalue weighted by Crippen LogP contribution is -2.21. The fourth-order valence-corrected chi connectivity index (χ4v) is 1.86. The van der Waals surface area contributed by atoms with Gasteiger partial charge in [0.1, 0.15) is 0 Å². The summed E-state index contributed by atoms with van der Waals surface area (Å²) < 4.78 is 10.3. The number of carbonyl (C=O) groups excluding carboxylic acids is 1. The zero-order valence-electron chi connectivity index (χ0n) is 12.1. The van der Waals surface area contributed by atoms with Gasteiger partial charge in [-0.1, -0.05) is 18.2 Å². The summed E-state index contributed by atoms with van der Waals surface area (Å²) in [6.45, 7) is 0.193. The molecule has 0 aromatic heterocycles. The van der Waals surface area contributed by atoms with Gasteiger partial charge in [-0.3, -0.25) is 4.79 Å². The van der Waals surface area contributed by atoms with E-state index in [0.717, 1.165) is 5.69 Å². The van der Waals surface area contributed by atoms with Crippen molar-refractivity contribution in [2.75, 3.05) is 31.4 Å². The molecule has 0 aliphatic heterocycles.